The molecule has 9 heteroatoms. The third-order valence-corrected chi connectivity index (χ3v) is 6.05. The monoisotopic (exact) mass is 375 g/mol. The van der Waals surface area contributed by atoms with Crippen molar-refractivity contribution in [1.29, 1.82) is 0 Å². The maximum Gasteiger partial charge on any atom is 0.247 e. The number of methoxy groups -OCH3 is 1. The van der Waals surface area contributed by atoms with Crippen LogP contribution in [0.2, 0.25) is 5.02 Å². The van der Waals surface area contributed by atoms with E-state index in [1.165, 1.54) is 19.2 Å². The summed E-state index contributed by atoms with van der Waals surface area (Å²) < 4.78 is 32.1. The number of hydrogen-bond acceptors (Lipinski definition) is 5. The molecule has 0 atom stereocenters. The van der Waals surface area contributed by atoms with Gasteiger partial charge in [0.05, 0.1) is 13.7 Å². The van der Waals surface area contributed by atoms with Crippen LogP contribution in [0.25, 0.3) is 0 Å². The summed E-state index contributed by atoms with van der Waals surface area (Å²) >= 11 is 5.93. The number of benzene rings is 1. The first kappa shape index (κ1) is 19.0. The average molecular weight is 376 g/mol. The fourth-order valence-corrected chi connectivity index (χ4v) is 4.34. The van der Waals surface area contributed by atoms with Crippen molar-refractivity contribution in [3.05, 3.63) is 23.2 Å². The molecule has 0 radical (unpaired) electrons. The minimum absolute atomic E-state index is 0.0348. The summed E-state index contributed by atoms with van der Waals surface area (Å²) in [6, 6.07) is 4.40. The standard InChI is InChI=1S/C15H22ClN3O4S/c1-3-19(11-15(20)18-8-6-17-7-9-18)24(21,22)14-10-12(16)4-5-13(14)23-2/h4-5,10,17H,3,6-9,11H2,1-2H3. The zero-order valence-corrected chi connectivity index (χ0v) is 15.4. The van der Waals surface area contributed by atoms with Gasteiger partial charge in [-0.05, 0) is 18.2 Å². The summed E-state index contributed by atoms with van der Waals surface area (Å²) in [4.78, 5) is 14.0. The number of rotatable bonds is 6. The van der Waals surface area contributed by atoms with E-state index in [0.717, 1.165) is 4.31 Å². The van der Waals surface area contributed by atoms with Crippen LogP contribution in [0.1, 0.15) is 6.92 Å². The largest absolute Gasteiger partial charge is 0.495 e. The highest BCUT2D eigenvalue weighted by Crippen LogP contribution is 2.29. The van der Waals surface area contributed by atoms with Crippen molar-refractivity contribution in [3.63, 3.8) is 0 Å². The SMILES string of the molecule is CCN(CC(=O)N1CCNCC1)S(=O)(=O)c1cc(Cl)ccc1OC. The van der Waals surface area contributed by atoms with E-state index in [2.05, 4.69) is 5.32 Å². The number of carbonyl (C=O) groups excluding carboxylic acids is 1. The predicted molar refractivity (Wildman–Crippen MR) is 91.9 cm³/mol. The molecule has 24 heavy (non-hydrogen) atoms. The van der Waals surface area contributed by atoms with Gasteiger partial charge in [-0.25, -0.2) is 8.42 Å². The molecule has 1 N–H and O–H groups in total. The summed E-state index contributed by atoms with van der Waals surface area (Å²) in [6.07, 6.45) is 0. The second-order valence-corrected chi connectivity index (χ2v) is 7.70. The molecule has 0 unspecified atom stereocenters. The molecule has 2 rings (SSSR count). The van der Waals surface area contributed by atoms with E-state index in [9.17, 15) is 13.2 Å². The lowest BCUT2D eigenvalue weighted by atomic mass is 10.3. The predicted octanol–water partition coefficient (Wildman–Crippen LogP) is 0.791. The van der Waals surface area contributed by atoms with Crippen LogP contribution in [0.15, 0.2) is 23.1 Å². The third kappa shape index (κ3) is 4.18. The van der Waals surface area contributed by atoms with Crippen molar-refractivity contribution in [2.24, 2.45) is 0 Å². The molecule has 1 amide bonds. The zero-order chi connectivity index (χ0) is 17.7. The Kier molecular flexibility index (Phi) is 6.45. The van der Waals surface area contributed by atoms with Crippen molar-refractivity contribution in [1.82, 2.24) is 14.5 Å². The summed E-state index contributed by atoms with van der Waals surface area (Å²) in [5.74, 6) is -0.00427. The molecule has 7 nitrogen and oxygen atoms in total. The Hall–Kier alpha value is -1.35. The number of sulfonamides is 1. The Morgan fingerprint density at radius 3 is 2.62 bits per heavy atom. The van der Waals surface area contributed by atoms with Gasteiger partial charge in [-0.15, -0.1) is 0 Å². The highest BCUT2D eigenvalue weighted by atomic mass is 35.5. The van der Waals surface area contributed by atoms with Gasteiger partial charge >= 0.3 is 0 Å². The van der Waals surface area contributed by atoms with Crippen molar-refractivity contribution in [3.8, 4) is 5.75 Å². The molecule has 0 aromatic heterocycles. The first-order valence-electron chi connectivity index (χ1n) is 7.72. The topological polar surface area (TPSA) is 79.0 Å². The number of ether oxygens (including phenoxy) is 1. The van der Waals surface area contributed by atoms with Crippen LogP contribution in [0.3, 0.4) is 0 Å². The minimum Gasteiger partial charge on any atom is -0.495 e. The molecule has 1 aliphatic rings. The number of hydrogen-bond donors (Lipinski definition) is 1. The van der Waals surface area contributed by atoms with E-state index in [4.69, 9.17) is 16.3 Å². The summed E-state index contributed by atoms with van der Waals surface area (Å²) in [5.41, 5.74) is 0. The highest BCUT2D eigenvalue weighted by Gasteiger charge is 2.30. The Bertz CT molecular complexity index is 690. The molecule has 1 aromatic rings. The van der Waals surface area contributed by atoms with Gasteiger partial charge in [0.15, 0.2) is 0 Å². The number of likely N-dealkylation sites (N-methyl/N-ethyl adjacent to an activating group) is 1. The van der Waals surface area contributed by atoms with E-state index in [-0.39, 0.29) is 29.6 Å². The number of carbonyl (C=O) groups is 1. The van der Waals surface area contributed by atoms with Crippen LogP contribution < -0.4 is 10.1 Å². The average Bonchev–Trinajstić information content (AvgIpc) is 2.59. The zero-order valence-electron chi connectivity index (χ0n) is 13.8. The lowest BCUT2D eigenvalue weighted by molar-refractivity contribution is -0.131. The van der Waals surface area contributed by atoms with Gasteiger partial charge in [0.2, 0.25) is 15.9 Å². The highest BCUT2D eigenvalue weighted by molar-refractivity contribution is 7.89. The smallest absolute Gasteiger partial charge is 0.247 e. The molecule has 1 fully saturated rings. The first-order chi connectivity index (χ1) is 11.4. The van der Waals surface area contributed by atoms with Crippen LogP contribution in [-0.2, 0) is 14.8 Å². The Morgan fingerprint density at radius 1 is 1.38 bits per heavy atom. The second-order valence-electron chi connectivity index (χ2n) is 5.36. The maximum atomic E-state index is 12.9. The third-order valence-electron chi connectivity index (χ3n) is 3.88. The van der Waals surface area contributed by atoms with Crippen molar-refractivity contribution < 1.29 is 17.9 Å². The van der Waals surface area contributed by atoms with Crippen molar-refractivity contribution in [2.75, 3.05) is 46.4 Å². The van der Waals surface area contributed by atoms with Gasteiger partial charge in [0.1, 0.15) is 10.6 Å². The number of nitrogens with one attached hydrogen (secondary N) is 1. The summed E-state index contributed by atoms with van der Waals surface area (Å²) in [5, 5.41) is 3.45. The number of amides is 1. The van der Waals surface area contributed by atoms with E-state index < -0.39 is 10.0 Å². The molecule has 1 saturated heterocycles. The Morgan fingerprint density at radius 2 is 2.04 bits per heavy atom. The molecule has 1 heterocycles. The van der Waals surface area contributed by atoms with Crippen LogP contribution in [0.5, 0.6) is 5.75 Å². The summed E-state index contributed by atoms with van der Waals surface area (Å²) in [7, 11) is -2.50. The molecule has 134 valence electrons. The fourth-order valence-electron chi connectivity index (χ4n) is 2.52. The van der Waals surface area contributed by atoms with Gasteiger partial charge in [-0.3, -0.25) is 4.79 Å². The summed E-state index contributed by atoms with van der Waals surface area (Å²) in [6.45, 7) is 4.26. The molecule has 0 saturated carbocycles. The first-order valence-corrected chi connectivity index (χ1v) is 9.54. The number of halogens is 1. The normalized spacial score (nSPS) is 15.6. The van der Waals surface area contributed by atoms with Gasteiger partial charge in [0.25, 0.3) is 0 Å². The number of piperazine rings is 1. The van der Waals surface area contributed by atoms with Crippen LogP contribution >= 0.6 is 11.6 Å². The molecule has 0 bridgehead atoms. The van der Waals surface area contributed by atoms with E-state index in [0.29, 0.717) is 31.2 Å². The van der Waals surface area contributed by atoms with Gasteiger partial charge in [-0.2, -0.15) is 4.31 Å². The van der Waals surface area contributed by atoms with Gasteiger partial charge in [-0.1, -0.05) is 18.5 Å². The van der Waals surface area contributed by atoms with Gasteiger partial charge < -0.3 is 15.0 Å². The van der Waals surface area contributed by atoms with Crippen molar-refractivity contribution >= 4 is 27.5 Å². The fraction of sp³-hybridized carbons (Fsp3) is 0.533. The molecule has 0 spiro atoms. The molecular weight excluding hydrogens is 354 g/mol. The van der Waals surface area contributed by atoms with E-state index >= 15 is 0 Å². The van der Waals surface area contributed by atoms with Gasteiger partial charge in [0, 0.05) is 37.7 Å². The van der Waals surface area contributed by atoms with E-state index in [1.54, 1.807) is 17.9 Å². The quantitative estimate of drug-likeness (QED) is 0.795. The molecule has 1 aromatic carbocycles. The lowest BCUT2D eigenvalue weighted by Gasteiger charge is -2.30. The minimum atomic E-state index is -3.89. The van der Waals surface area contributed by atoms with Crippen LogP contribution in [-0.4, -0.2) is 69.9 Å². The van der Waals surface area contributed by atoms with Crippen molar-refractivity contribution in [2.45, 2.75) is 11.8 Å². The Labute approximate surface area is 147 Å². The molecule has 0 aliphatic carbocycles. The molecule has 1 aliphatic heterocycles. The maximum absolute atomic E-state index is 12.9. The number of nitrogens with zero attached hydrogens (tertiary/aromatic N) is 2. The van der Waals surface area contributed by atoms with Crippen LogP contribution in [0, 0.1) is 0 Å². The van der Waals surface area contributed by atoms with Crippen LogP contribution in [0.4, 0.5) is 0 Å². The molecular formula is C15H22ClN3O4S. The van der Waals surface area contributed by atoms with E-state index in [1.807, 2.05) is 0 Å². The second kappa shape index (κ2) is 8.15. The Balaban J connectivity index is 2.25. The lowest BCUT2D eigenvalue weighted by Crippen LogP contribution is -2.50.